The normalized spacial score (nSPS) is 15.7. The van der Waals surface area contributed by atoms with Crippen LogP contribution in [0.15, 0.2) is 18.2 Å². The van der Waals surface area contributed by atoms with Crippen LogP contribution in [0.3, 0.4) is 0 Å². The fourth-order valence-corrected chi connectivity index (χ4v) is 1.57. The number of fused-ring (bicyclic) bond motifs is 1. The average molecular weight is 190 g/mol. The highest BCUT2D eigenvalue weighted by molar-refractivity contribution is 5.98. The quantitative estimate of drug-likeness (QED) is 0.447. The van der Waals surface area contributed by atoms with Crippen molar-refractivity contribution in [2.45, 2.75) is 12.8 Å². The van der Waals surface area contributed by atoms with E-state index < -0.39 is 0 Å². The van der Waals surface area contributed by atoms with Crippen LogP contribution >= 0.6 is 0 Å². The molecule has 72 valence electrons. The molecule has 2 amide bonds. The Kier molecular flexibility index (Phi) is 1.96. The summed E-state index contributed by atoms with van der Waals surface area (Å²) >= 11 is 0. The van der Waals surface area contributed by atoms with E-state index in [0.717, 1.165) is 11.1 Å². The summed E-state index contributed by atoms with van der Waals surface area (Å²) in [5.41, 5.74) is 7.93. The number of imide groups is 1. The molecule has 4 nitrogen and oxygen atoms in total. The van der Waals surface area contributed by atoms with Gasteiger partial charge >= 0.3 is 0 Å². The topological polar surface area (TPSA) is 72.2 Å². The van der Waals surface area contributed by atoms with Crippen molar-refractivity contribution in [1.82, 2.24) is 5.32 Å². The molecule has 4 heteroatoms. The minimum absolute atomic E-state index is 0.228. The van der Waals surface area contributed by atoms with Crippen LogP contribution in [0.25, 0.3) is 0 Å². The number of rotatable bonds is 0. The second kappa shape index (κ2) is 3.14. The van der Waals surface area contributed by atoms with Crippen LogP contribution in [-0.2, 0) is 22.4 Å². The monoisotopic (exact) mass is 190 g/mol. The maximum Gasteiger partial charge on any atom is 0.230 e. The van der Waals surface area contributed by atoms with Crippen molar-refractivity contribution < 1.29 is 9.59 Å². The van der Waals surface area contributed by atoms with Gasteiger partial charge in [0.1, 0.15) is 0 Å². The highest BCUT2D eigenvalue weighted by atomic mass is 16.2. The Hall–Kier alpha value is -1.84. The molecule has 0 bridgehead atoms. The van der Waals surface area contributed by atoms with Crippen LogP contribution in [0.2, 0.25) is 0 Å². The molecule has 0 aliphatic carbocycles. The highest BCUT2D eigenvalue weighted by Gasteiger charge is 2.17. The molecule has 3 N–H and O–H groups in total. The van der Waals surface area contributed by atoms with Crippen molar-refractivity contribution in [3.05, 3.63) is 29.3 Å². The molecule has 0 unspecified atom stereocenters. The average Bonchev–Trinajstić information content (AvgIpc) is 2.21. The van der Waals surface area contributed by atoms with Gasteiger partial charge in [-0.1, -0.05) is 6.07 Å². The SMILES string of the molecule is Nc1ccc2c(c1)CC(=O)NC(=O)C2. The van der Waals surface area contributed by atoms with Gasteiger partial charge in [0, 0.05) is 5.69 Å². The summed E-state index contributed by atoms with van der Waals surface area (Å²) < 4.78 is 0. The summed E-state index contributed by atoms with van der Waals surface area (Å²) in [6, 6.07) is 5.28. The van der Waals surface area contributed by atoms with Crippen LogP contribution in [0, 0.1) is 0 Å². The summed E-state index contributed by atoms with van der Waals surface area (Å²) in [5.74, 6) is -0.516. The molecule has 2 rings (SSSR count). The Morgan fingerprint density at radius 1 is 1.07 bits per heavy atom. The first-order valence-electron chi connectivity index (χ1n) is 4.35. The zero-order valence-corrected chi connectivity index (χ0v) is 7.54. The van der Waals surface area contributed by atoms with Crippen molar-refractivity contribution in [3.63, 3.8) is 0 Å². The summed E-state index contributed by atoms with van der Waals surface area (Å²) in [7, 11) is 0. The maximum absolute atomic E-state index is 11.2. The molecule has 1 heterocycles. The first-order valence-corrected chi connectivity index (χ1v) is 4.35. The van der Waals surface area contributed by atoms with Gasteiger partial charge in [-0.25, -0.2) is 0 Å². The van der Waals surface area contributed by atoms with Crippen molar-refractivity contribution in [3.8, 4) is 0 Å². The van der Waals surface area contributed by atoms with E-state index in [4.69, 9.17) is 5.73 Å². The molecule has 14 heavy (non-hydrogen) atoms. The predicted octanol–water partition coefficient (Wildman–Crippen LogP) is 0.0102. The van der Waals surface area contributed by atoms with Crippen molar-refractivity contribution in [2.24, 2.45) is 0 Å². The summed E-state index contributed by atoms with van der Waals surface area (Å²) in [4.78, 5) is 22.4. The lowest BCUT2D eigenvalue weighted by molar-refractivity contribution is -0.129. The van der Waals surface area contributed by atoms with Crippen LogP contribution < -0.4 is 11.1 Å². The van der Waals surface area contributed by atoms with Crippen LogP contribution in [0.4, 0.5) is 5.69 Å². The molecule has 0 radical (unpaired) electrons. The van der Waals surface area contributed by atoms with Gasteiger partial charge in [-0.2, -0.15) is 0 Å². The van der Waals surface area contributed by atoms with E-state index >= 15 is 0 Å². The summed E-state index contributed by atoms with van der Waals surface area (Å²) in [6.07, 6.45) is 0.480. The fourth-order valence-electron chi connectivity index (χ4n) is 1.57. The van der Waals surface area contributed by atoms with Crippen molar-refractivity contribution >= 4 is 17.5 Å². The van der Waals surface area contributed by atoms with E-state index in [9.17, 15) is 9.59 Å². The zero-order valence-electron chi connectivity index (χ0n) is 7.54. The molecule has 0 atom stereocenters. The number of anilines is 1. The van der Waals surface area contributed by atoms with Gasteiger partial charge in [0.25, 0.3) is 0 Å². The van der Waals surface area contributed by atoms with Crippen LogP contribution in [0.1, 0.15) is 11.1 Å². The molecule has 0 fully saturated rings. The Balaban J connectivity index is 2.46. The van der Waals surface area contributed by atoms with Crippen LogP contribution in [0.5, 0.6) is 0 Å². The first kappa shape index (κ1) is 8.74. The summed E-state index contributed by atoms with van der Waals surface area (Å²) in [5, 5.41) is 2.29. The number of nitrogens with one attached hydrogen (secondary N) is 1. The Morgan fingerprint density at radius 2 is 1.71 bits per heavy atom. The maximum atomic E-state index is 11.2. The number of benzene rings is 1. The number of nitrogen functional groups attached to an aromatic ring is 1. The van der Waals surface area contributed by atoms with Crippen molar-refractivity contribution in [1.29, 1.82) is 0 Å². The van der Waals surface area contributed by atoms with Gasteiger partial charge in [0.15, 0.2) is 0 Å². The third kappa shape index (κ3) is 1.59. The molecule has 0 saturated heterocycles. The van der Waals surface area contributed by atoms with Gasteiger partial charge in [-0.15, -0.1) is 0 Å². The van der Waals surface area contributed by atoms with Gasteiger partial charge in [0.2, 0.25) is 11.8 Å². The summed E-state index contributed by atoms with van der Waals surface area (Å²) in [6.45, 7) is 0. The largest absolute Gasteiger partial charge is 0.399 e. The van der Waals surface area contributed by atoms with Gasteiger partial charge in [-0.05, 0) is 23.3 Å². The smallest absolute Gasteiger partial charge is 0.230 e. The third-order valence-corrected chi connectivity index (χ3v) is 2.21. The van der Waals surface area contributed by atoms with E-state index in [1.54, 1.807) is 18.2 Å². The molecule has 0 spiro atoms. The number of nitrogens with two attached hydrogens (primary N) is 1. The van der Waals surface area contributed by atoms with Gasteiger partial charge in [0.05, 0.1) is 12.8 Å². The van der Waals surface area contributed by atoms with Gasteiger partial charge < -0.3 is 5.73 Å². The fraction of sp³-hybridized carbons (Fsp3) is 0.200. The van der Waals surface area contributed by atoms with E-state index in [1.807, 2.05) is 0 Å². The molecule has 1 aromatic rings. The zero-order chi connectivity index (χ0) is 10.1. The second-order valence-corrected chi connectivity index (χ2v) is 3.35. The van der Waals surface area contributed by atoms with Gasteiger partial charge in [-0.3, -0.25) is 14.9 Å². The number of carbonyl (C=O) groups is 2. The third-order valence-electron chi connectivity index (χ3n) is 2.21. The molecular weight excluding hydrogens is 180 g/mol. The Morgan fingerprint density at radius 3 is 2.43 bits per heavy atom. The standard InChI is InChI=1S/C10H10N2O2/c11-8-2-1-6-4-9(13)12-10(14)5-7(6)3-8/h1-3H,4-5,11H2,(H,12,13,14). The second-order valence-electron chi connectivity index (χ2n) is 3.35. The molecule has 1 aliphatic heterocycles. The highest BCUT2D eigenvalue weighted by Crippen LogP contribution is 2.16. The number of hydrogen-bond acceptors (Lipinski definition) is 3. The van der Waals surface area contributed by atoms with E-state index in [-0.39, 0.29) is 24.7 Å². The van der Waals surface area contributed by atoms with E-state index in [0.29, 0.717) is 5.69 Å². The molecular formula is C10H10N2O2. The molecule has 1 aromatic carbocycles. The van der Waals surface area contributed by atoms with E-state index in [1.165, 1.54) is 0 Å². The molecule has 0 saturated carbocycles. The molecule has 1 aliphatic rings. The Labute approximate surface area is 81.1 Å². The molecule has 0 aromatic heterocycles. The first-order chi connectivity index (χ1) is 6.65. The lowest BCUT2D eigenvalue weighted by Gasteiger charge is -2.03. The number of carbonyl (C=O) groups excluding carboxylic acids is 2. The lowest BCUT2D eigenvalue weighted by Crippen LogP contribution is -2.30. The van der Waals surface area contributed by atoms with Crippen LogP contribution in [-0.4, -0.2) is 11.8 Å². The minimum Gasteiger partial charge on any atom is -0.399 e. The number of amides is 2. The lowest BCUT2D eigenvalue weighted by atomic mass is 10.0. The number of hydrogen-bond donors (Lipinski definition) is 2. The van der Waals surface area contributed by atoms with E-state index in [2.05, 4.69) is 5.32 Å². The predicted molar refractivity (Wildman–Crippen MR) is 51.4 cm³/mol. The minimum atomic E-state index is -0.264. The van der Waals surface area contributed by atoms with Crippen molar-refractivity contribution in [2.75, 3.05) is 5.73 Å². The Bertz CT molecular complexity index is 413.